The third-order valence-corrected chi connectivity index (χ3v) is 6.26. The minimum Gasteiger partial charge on any atom is -0.322 e. The van der Waals surface area contributed by atoms with Crippen LogP contribution < -0.4 is 5.32 Å². The lowest BCUT2D eigenvalue weighted by Crippen LogP contribution is -2.51. The van der Waals surface area contributed by atoms with E-state index in [-0.39, 0.29) is 11.8 Å². The summed E-state index contributed by atoms with van der Waals surface area (Å²) in [5, 5.41) is 2.85. The van der Waals surface area contributed by atoms with Crippen molar-refractivity contribution in [1.29, 1.82) is 0 Å². The predicted octanol–water partition coefficient (Wildman–Crippen LogP) is 2.67. The van der Waals surface area contributed by atoms with E-state index in [0.29, 0.717) is 26.2 Å². The molecule has 1 saturated heterocycles. The fourth-order valence-electron chi connectivity index (χ4n) is 2.88. The molecule has 1 fully saturated rings. The zero-order chi connectivity index (χ0) is 18.6. The summed E-state index contributed by atoms with van der Waals surface area (Å²) >= 11 is 0. The number of carbonyl (C=O) groups excluding carboxylic acids is 1. The highest BCUT2D eigenvalue weighted by molar-refractivity contribution is 7.88. The van der Waals surface area contributed by atoms with Crippen LogP contribution in [0.15, 0.2) is 54.6 Å². The maximum Gasteiger partial charge on any atom is 0.321 e. The van der Waals surface area contributed by atoms with E-state index in [0.717, 1.165) is 16.8 Å². The van der Waals surface area contributed by atoms with Crippen molar-refractivity contribution in [2.75, 3.05) is 31.5 Å². The van der Waals surface area contributed by atoms with Crippen LogP contribution in [0.5, 0.6) is 0 Å². The minimum absolute atomic E-state index is 0.0105. The topological polar surface area (TPSA) is 69.7 Å². The molecule has 0 bridgehead atoms. The van der Waals surface area contributed by atoms with Gasteiger partial charge < -0.3 is 10.2 Å². The van der Waals surface area contributed by atoms with Crippen LogP contribution in [-0.2, 0) is 15.8 Å². The number of anilines is 1. The van der Waals surface area contributed by atoms with Gasteiger partial charge in [0, 0.05) is 31.9 Å². The van der Waals surface area contributed by atoms with Crippen LogP contribution in [0.3, 0.4) is 0 Å². The molecule has 2 amide bonds. The van der Waals surface area contributed by atoms with Gasteiger partial charge in [0.1, 0.15) is 0 Å². The van der Waals surface area contributed by atoms with Gasteiger partial charge in [0.25, 0.3) is 0 Å². The van der Waals surface area contributed by atoms with E-state index in [1.165, 1.54) is 4.31 Å². The second-order valence-corrected chi connectivity index (χ2v) is 8.39. The number of rotatable bonds is 4. The van der Waals surface area contributed by atoms with E-state index in [1.807, 2.05) is 61.5 Å². The van der Waals surface area contributed by atoms with Crippen LogP contribution in [0.4, 0.5) is 10.5 Å². The van der Waals surface area contributed by atoms with E-state index < -0.39 is 10.0 Å². The van der Waals surface area contributed by atoms with Gasteiger partial charge in [-0.2, -0.15) is 4.31 Å². The summed E-state index contributed by atoms with van der Waals surface area (Å²) in [4.78, 5) is 14.0. The molecule has 3 rings (SSSR count). The first kappa shape index (κ1) is 18.4. The Hall–Kier alpha value is -2.38. The lowest BCUT2D eigenvalue weighted by molar-refractivity contribution is 0.184. The molecule has 6 nitrogen and oxygen atoms in total. The molecule has 2 aromatic carbocycles. The predicted molar refractivity (Wildman–Crippen MR) is 102 cm³/mol. The first-order valence-electron chi connectivity index (χ1n) is 8.58. The normalized spacial score (nSPS) is 15.7. The minimum atomic E-state index is -3.37. The number of hydrogen-bond acceptors (Lipinski definition) is 3. The van der Waals surface area contributed by atoms with E-state index >= 15 is 0 Å². The van der Waals surface area contributed by atoms with Crippen molar-refractivity contribution in [3.05, 3.63) is 65.7 Å². The Morgan fingerprint density at radius 1 is 0.962 bits per heavy atom. The Morgan fingerprint density at radius 3 is 2.19 bits per heavy atom. The van der Waals surface area contributed by atoms with E-state index in [9.17, 15) is 13.2 Å². The molecule has 138 valence electrons. The number of piperazine rings is 1. The fraction of sp³-hybridized carbons (Fsp3) is 0.316. The van der Waals surface area contributed by atoms with Crippen LogP contribution >= 0.6 is 0 Å². The number of sulfonamides is 1. The first-order valence-corrected chi connectivity index (χ1v) is 10.2. The van der Waals surface area contributed by atoms with Gasteiger partial charge in [0.2, 0.25) is 10.0 Å². The summed E-state index contributed by atoms with van der Waals surface area (Å²) in [6, 6.07) is 16.5. The number of urea groups is 1. The molecule has 0 aromatic heterocycles. The second-order valence-electron chi connectivity index (χ2n) is 6.42. The third-order valence-electron chi connectivity index (χ3n) is 4.41. The summed E-state index contributed by atoms with van der Waals surface area (Å²) in [5.41, 5.74) is 2.63. The second kappa shape index (κ2) is 7.88. The summed E-state index contributed by atoms with van der Waals surface area (Å²) in [7, 11) is -3.37. The Kier molecular flexibility index (Phi) is 5.58. The quantitative estimate of drug-likeness (QED) is 0.896. The standard InChI is InChI=1S/C19H23N3O3S/c1-16-7-9-18(10-8-16)20-19(23)21-11-13-22(14-12-21)26(24,25)15-17-5-3-2-4-6-17/h2-10H,11-15H2,1H3,(H,20,23). The monoisotopic (exact) mass is 373 g/mol. The van der Waals surface area contributed by atoms with Gasteiger partial charge in [-0.25, -0.2) is 13.2 Å². The summed E-state index contributed by atoms with van der Waals surface area (Å²) in [6.45, 7) is 3.38. The zero-order valence-corrected chi connectivity index (χ0v) is 15.6. The molecular formula is C19H23N3O3S. The SMILES string of the molecule is Cc1ccc(NC(=O)N2CCN(S(=O)(=O)Cc3ccccc3)CC2)cc1. The van der Waals surface area contributed by atoms with Crippen molar-refractivity contribution >= 4 is 21.7 Å². The highest BCUT2D eigenvalue weighted by atomic mass is 32.2. The summed E-state index contributed by atoms with van der Waals surface area (Å²) in [6.07, 6.45) is 0. The lowest BCUT2D eigenvalue weighted by Gasteiger charge is -2.34. The van der Waals surface area contributed by atoms with Crippen molar-refractivity contribution < 1.29 is 13.2 Å². The van der Waals surface area contributed by atoms with Crippen LogP contribution in [0.2, 0.25) is 0 Å². The number of aryl methyl sites for hydroxylation is 1. The molecule has 0 unspecified atom stereocenters. The molecular weight excluding hydrogens is 350 g/mol. The number of benzene rings is 2. The number of carbonyl (C=O) groups is 1. The molecule has 26 heavy (non-hydrogen) atoms. The molecule has 7 heteroatoms. The summed E-state index contributed by atoms with van der Waals surface area (Å²) < 4.78 is 26.6. The van der Waals surface area contributed by atoms with Crippen molar-refractivity contribution in [3.63, 3.8) is 0 Å². The van der Waals surface area contributed by atoms with Crippen LogP contribution in [-0.4, -0.2) is 49.8 Å². The third kappa shape index (κ3) is 4.62. The van der Waals surface area contributed by atoms with Crippen LogP contribution in [0.1, 0.15) is 11.1 Å². The molecule has 1 aliphatic rings. The Bertz CT molecular complexity index is 843. The highest BCUT2D eigenvalue weighted by Gasteiger charge is 2.28. The largest absolute Gasteiger partial charge is 0.322 e. The highest BCUT2D eigenvalue weighted by Crippen LogP contribution is 2.15. The Morgan fingerprint density at radius 2 is 1.58 bits per heavy atom. The van der Waals surface area contributed by atoms with Crippen LogP contribution in [0, 0.1) is 6.92 Å². The fourth-order valence-corrected chi connectivity index (χ4v) is 4.40. The number of nitrogens with zero attached hydrogens (tertiary/aromatic N) is 2. The smallest absolute Gasteiger partial charge is 0.321 e. The van der Waals surface area contributed by atoms with E-state index in [4.69, 9.17) is 0 Å². The van der Waals surface area contributed by atoms with Gasteiger partial charge in [-0.05, 0) is 24.6 Å². The molecule has 1 N–H and O–H groups in total. The van der Waals surface area contributed by atoms with Crippen molar-refractivity contribution in [2.45, 2.75) is 12.7 Å². The number of nitrogens with one attached hydrogen (secondary N) is 1. The molecule has 2 aromatic rings. The van der Waals surface area contributed by atoms with Crippen molar-refractivity contribution in [2.24, 2.45) is 0 Å². The zero-order valence-electron chi connectivity index (χ0n) is 14.8. The lowest BCUT2D eigenvalue weighted by atomic mass is 10.2. The first-order chi connectivity index (χ1) is 12.4. The maximum atomic E-state index is 12.6. The van der Waals surface area contributed by atoms with Crippen molar-refractivity contribution in [1.82, 2.24) is 9.21 Å². The maximum absolute atomic E-state index is 12.6. The van der Waals surface area contributed by atoms with Crippen molar-refractivity contribution in [3.8, 4) is 0 Å². The average molecular weight is 373 g/mol. The molecule has 0 spiro atoms. The Labute approximate surface area is 154 Å². The van der Waals surface area contributed by atoms with Gasteiger partial charge in [-0.15, -0.1) is 0 Å². The van der Waals surface area contributed by atoms with E-state index in [1.54, 1.807) is 4.90 Å². The van der Waals surface area contributed by atoms with Crippen LogP contribution in [0.25, 0.3) is 0 Å². The van der Waals surface area contributed by atoms with Gasteiger partial charge in [-0.3, -0.25) is 0 Å². The van der Waals surface area contributed by atoms with Gasteiger partial charge in [0.15, 0.2) is 0 Å². The number of hydrogen-bond donors (Lipinski definition) is 1. The molecule has 0 atom stereocenters. The molecule has 1 heterocycles. The summed E-state index contributed by atoms with van der Waals surface area (Å²) in [5.74, 6) is -0.0105. The Balaban J connectivity index is 1.54. The molecule has 0 radical (unpaired) electrons. The molecule has 1 aliphatic heterocycles. The molecule has 0 saturated carbocycles. The van der Waals surface area contributed by atoms with Gasteiger partial charge >= 0.3 is 6.03 Å². The van der Waals surface area contributed by atoms with E-state index in [2.05, 4.69) is 5.32 Å². The van der Waals surface area contributed by atoms with Gasteiger partial charge in [0.05, 0.1) is 5.75 Å². The molecule has 0 aliphatic carbocycles. The number of amides is 2. The van der Waals surface area contributed by atoms with Gasteiger partial charge in [-0.1, -0.05) is 48.0 Å². The average Bonchev–Trinajstić information content (AvgIpc) is 2.64.